The fourth-order valence-electron chi connectivity index (χ4n) is 3.49. The number of halogens is 1. The highest BCUT2D eigenvalue weighted by atomic mass is 35.5. The van der Waals surface area contributed by atoms with Crippen LogP contribution in [0.5, 0.6) is 0 Å². The summed E-state index contributed by atoms with van der Waals surface area (Å²) in [5.41, 5.74) is 8.99. The summed E-state index contributed by atoms with van der Waals surface area (Å²) in [7, 11) is 0. The average molecular weight is 375 g/mol. The van der Waals surface area contributed by atoms with E-state index in [2.05, 4.69) is 29.6 Å². The van der Waals surface area contributed by atoms with Gasteiger partial charge in [0.05, 0.1) is 0 Å². The summed E-state index contributed by atoms with van der Waals surface area (Å²) in [6.45, 7) is 2.14. The Labute approximate surface area is 161 Å². The Bertz CT molecular complexity index is 700. The Morgan fingerprint density at radius 3 is 2.38 bits per heavy atom. The predicted octanol–water partition coefficient (Wildman–Crippen LogP) is 3.49. The number of nitrogen functional groups attached to an aromatic ring is 1. The predicted molar refractivity (Wildman–Crippen MR) is 108 cm³/mol. The third-order valence-corrected chi connectivity index (χ3v) is 5.14. The topological polar surface area (TPSA) is 64.4 Å². The number of nitrogens with two attached hydrogens (primary N) is 1. The number of benzene rings is 2. The standard InChI is InChI=1S/C21H26N2O2.ClH/c22-19-9-5-4-6-17(19)10-11-20(24)23-16-21(12-14-25-15-13-21)18-7-2-1-3-8-18;/h1-9H,10-16,22H2,(H,23,24);1H. The van der Waals surface area contributed by atoms with Gasteiger partial charge in [0.2, 0.25) is 5.91 Å². The van der Waals surface area contributed by atoms with Crippen LogP contribution in [0.25, 0.3) is 0 Å². The van der Waals surface area contributed by atoms with Gasteiger partial charge in [-0.1, -0.05) is 48.5 Å². The molecule has 1 aliphatic heterocycles. The van der Waals surface area contributed by atoms with Crippen molar-refractivity contribution in [3.8, 4) is 0 Å². The Morgan fingerprint density at radius 1 is 1.04 bits per heavy atom. The number of nitrogens with one attached hydrogen (secondary N) is 1. The van der Waals surface area contributed by atoms with Crippen molar-refractivity contribution < 1.29 is 9.53 Å². The number of para-hydroxylation sites is 1. The van der Waals surface area contributed by atoms with Crippen LogP contribution in [-0.4, -0.2) is 25.7 Å². The molecule has 5 heteroatoms. The molecular formula is C21H27ClN2O2. The lowest BCUT2D eigenvalue weighted by Gasteiger charge is -2.38. The van der Waals surface area contributed by atoms with Gasteiger partial charge in [0.1, 0.15) is 0 Å². The van der Waals surface area contributed by atoms with Crippen molar-refractivity contribution in [2.24, 2.45) is 0 Å². The van der Waals surface area contributed by atoms with Crippen LogP contribution < -0.4 is 11.1 Å². The Morgan fingerprint density at radius 2 is 1.69 bits per heavy atom. The molecular weight excluding hydrogens is 348 g/mol. The minimum absolute atomic E-state index is 0. The molecule has 3 N–H and O–H groups in total. The van der Waals surface area contributed by atoms with Crippen molar-refractivity contribution in [2.45, 2.75) is 31.1 Å². The van der Waals surface area contributed by atoms with E-state index in [-0.39, 0.29) is 23.7 Å². The monoisotopic (exact) mass is 374 g/mol. The van der Waals surface area contributed by atoms with E-state index in [1.807, 2.05) is 30.3 Å². The molecule has 0 saturated carbocycles. The second-order valence-electron chi connectivity index (χ2n) is 6.73. The first-order valence-electron chi connectivity index (χ1n) is 8.93. The smallest absolute Gasteiger partial charge is 0.220 e. The molecule has 2 aromatic carbocycles. The Hall–Kier alpha value is -2.04. The molecule has 1 amide bonds. The fourth-order valence-corrected chi connectivity index (χ4v) is 3.49. The van der Waals surface area contributed by atoms with E-state index in [0.717, 1.165) is 37.3 Å². The lowest BCUT2D eigenvalue weighted by molar-refractivity contribution is -0.121. The van der Waals surface area contributed by atoms with Crippen LogP contribution in [0.1, 0.15) is 30.4 Å². The van der Waals surface area contributed by atoms with Gasteiger partial charge in [0.15, 0.2) is 0 Å². The summed E-state index contributed by atoms with van der Waals surface area (Å²) in [6, 6.07) is 18.2. The fraction of sp³-hybridized carbons (Fsp3) is 0.381. The molecule has 1 saturated heterocycles. The summed E-state index contributed by atoms with van der Waals surface area (Å²) in [6.07, 6.45) is 2.99. The van der Waals surface area contributed by atoms with Gasteiger partial charge in [0, 0.05) is 37.3 Å². The van der Waals surface area contributed by atoms with Crippen LogP contribution in [0.15, 0.2) is 54.6 Å². The molecule has 0 radical (unpaired) electrons. The second kappa shape index (κ2) is 9.60. The molecule has 0 atom stereocenters. The molecule has 1 fully saturated rings. The molecule has 1 aliphatic rings. The lowest BCUT2D eigenvalue weighted by Crippen LogP contribution is -2.44. The third kappa shape index (κ3) is 4.99. The van der Waals surface area contributed by atoms with Gasteiger partial charge in [-0.15, -0.1) is 12.4 Å². The van der Waals surface area contributed by atoms with E-state index < -0.39 is 0 Å². The second-order valence-corrected chi connectivity index (χ2v) is 6.73. The zero-order chi connectivity index (χ0) is 17.5. The third-order valence-electron chi connectivity index (χ3n) is 5.14. The van der Waals surface area contributed by atoms with Crippen molar-refractivity contribution in [1.82, 2.24) is 5.32 Å². The van der Waals surface area contributed by atoms with Crippen molar-refractivity contribution in [1.29, 1.82) is 0 Å². The van der Waals surface area contributed by atoms with Gasteiger partial charge in [-0.05, 0) is 36.5 Å². The first kappa shape index (κ1) is 20.3. The maximum atomic E-state index is 12.4. The van der Waals surface area contributed by atoms with E-state index in [1.54, 1.807) is 0 Å². The van der Waals surface area contributed by atoms with Gasteiger partial charge in [-0.2, -0.15) is 0 Å². The molecule has 4 nitrogen and oxygen atoms in total. The number of anilines is 1. The molecule has 0 aromatic heterocycles. The van der Waals surface area contributed by atoms with E-state index in [0.29, 0.717) is 19.4 Å². The number of amides is 1. The van der Waals surface area contributed by atoms with Gasteiger partial charge < -0.3 is 15.8 Å². The number of hydrogen-bond donors (Lipinski definition) is 2. The maximum absolute atomic E-state index is 12.4. The van der Waals surface area contributed by atoms with Gasteiger partial charge in [0.25, 0.3) is 0 Å². The Kier molecular flexibility index (Phi) is 7.49. The zero-order valence-corrected chi connectivity index (χ0v) is 15.8. The van der Waals surface area contributed by atoms with E-state index >= 15 is 0 Å². The number of aryl methyl sites for hydroxylation is 1. The van der Waals surface area contributed by atoms with Gasteiger partial charge in [-0.3, -0.25) is 4.79 Å². The molecule has 0 unspecified atom stereocenters. The molecule has 3 rings (SSSR count). The molecule has 1 heterocycles. The zero-order valence-electron chi connectivity index (χ0n) is 14.9. The molecule has 26 heavy (non-hydrogen) atoms. The van der Waals surface area contributed by atoms with Crippen LogP contribution >= 0.6 is 12.4 Å². The lowest BCUT2D eigenvalue weighted by atomic mass is 9.74. The summed E-state index contributed by atoms with van der Waals surface area (Å²) in [5.74, 6) is 0.0741. The SMILES string of the molecule is Cl.Nc1ccccc1CCC(=O)NCC1(c2ccccc2)CCOCC1. The van der Waals surface area contributed by atoms with Crippen molar-refractivity contribution >= 4 is 24.0 Å². The van der Waals surface area contributed by atoms with Crippen LogP contribution in [0.3, 0.4) is 0 Å². The van der Waals surface area contributed by atoms with E-state index in [1.165, 1.54) is 5.56 Å². The maximum Gasteiger partial charge on any atom is 0.220 e. The highest BCUT2D eigenvalue weighted by molar-refractivity contribution is 5.85. The molecule has 2 aromatic rings. The number of rotatable bonds is 6. The van der Waals surface area contributed by atoms with Crippen molar-refractivity contribution in [2.75, 3.05) is 25.5 Å². The summed E-state index contributed by atoms with van der Waals surface area (Å²) in [5, 5.41) is 3.15. The van der Waals surface area contributed by atoms with Crippen molar-refractivity contribution in [3.05, 3.63) is 65.7 Å². The highest BCUT2D eigenvalue weighted by Gasteiger charge is 2.34. The van der Waals surface area contributed by atoms with Crippen LogP contribution in [0.4, 0.5) is 5.69 Å². The summed E-state index contributed by atoms with van der Waals surface area (Å²) in [4.78, 5) is 12.4. The van der Waals surface area contributed by atoms with Crippen LogP contribution in [0, 0.1) is 0 Å². The van der Waals surface area contributed by atoms with Crippen molar-refractivity contribution in [3.63, 3.8) is 0 Å². The summed E-state index contributed by atoms with van der Waals surface area (Å²) < 4.78 is 5.54. The largest absolute Gasteiger partial charge is 0.399 e. The number of ether oxygens (including phenoxy) is 1. The van der Waals surface area contributed by atoms with Gasteiger partial charge >= 0.3 is 0 Å². The molecule has 140 valence electrons. The normalized spacial score (nSPS) is 15.7. The minimum Gasteiger partial charge on any atom is -0.399 e. The Balaban J connectivity index is 0.00000243. The molecule has 0 spiro atoms. The molecule has 0 bridgehead atoms. The number of carbonyl (C=O) groups is 1. The van der Waals surface area contributed by atoms with E-state index in [4.69, 9.17) is 10.5 Å². The quantitative estimate of drug-likeness (QED) is 0.761. The number of carbonyl (C=O) groups excluding carboxylic acids is 1. The minimum atomic E-state index is -0.0268. The first-order chi connectivity index (χ1) is 12.2. The van der Waals surface area contributed by atoms with Gasteiger partial charge in [-0.25, -0.2) is 0 Å². The van der Waals surface area contributed by atoms with Crippen LogP contribution in [0.2, 0.25) is 0 Å². The summed E-state index contributed by atoms with van der Waals surface area (Å²) >= 11 is 0. The number of hydrogen-bond acceptors (Lipinski definition) is 3. The first-order valence-corrected chi connectivity index (χ1v) is 8.93. The van der Waals surface area contributed by atoms with E-state index in [9.17, 15) is 4.79 Å². The van der Waals surface area contributed by atoms with Crippen LogP contribution in [-0.2, 0) is 21.4 Å². The molecule has 0 aliphatic carbocycles. The average Bonchev–Trinajstić information content (AvgIpc) is 2.67. The highest BCUT2D eigenvalue weighted by Crippen LogP contribution is 2.34.